The van der Waals surface area contributed by atoms with Crippen molar-refractivity contribution in [2.24, 2.45) is 4.99 Å². The lowest BCUT2D eigenvalue weighted by molar-refractivity contribution is 0.320. The predicted octanol–water partition coefficient (Wildman–Crippen LogP) is 2.66. The summed E-state index contributed by atoms with van der Waals surface area (Å²) < 4.78 is 59.8. The number of benzene rings is 1. The topological polar surface area (TPSA) is 109 Å². The number of rotatable bonds is 8. The van der Waals surface area contributed by atoms with Gasteiger partial charge in [0.05, 0.1) is 35.7 Å². The molecule has 2 heterocycles. The molecule has 1 aromatic heterocycles. The van der Waals surface area contributed by atoms with Crippen LogP contribution in [0.15, 0.2) is 34.3 Å². The lowest BCUT2D eigenvalue weighted by atomic mass is 9.92. The number of aliphatic imine (C=N–C) groups is 1. The molecule has 1 saturated carbocycles. The normalized spacial score (nSPS) is 16.8. The molecule has 0 unspecified atom stereocenters. The summed E-state index contributed by atoms with van der Waals surface area (Å²) in [7, 11) is -2.53. The average molecular weight is 464 g/mol. The second-order valence-electron chi connectivity index (χ2n) is 7.72. The first-order valence-corrected chi connectivity index (χ1v) is 11.7. The number of nitriles is 1. The van der Waals surface area contributed by atoms with E-state index in [9.17, 15) is 22.5 Å². The molecule has 0 radical (unpaired) electrons. The van der Waals surface area contributed by atoms with Gasteiger partial charge in [0.15, 0.2) is 5.84 Å². The van der Waals surface area contributed by atoms with E-state index in [4.69, 9.17) is 4.74 Å². The number of nitrogens with one attached hydrogen (secondary N) is 2. The highest BCUT2D eigenvalue weighted by Gasteiger charge is 2.31. The maximum Gasteiger partial charge on any atom is 0.240 e. The minimum Gasteiger partial charge on any atom is -0.497 e. The van der Waals surface area contributed by atoms with E-state index in [1.807, 2.05) is 16.9 Å². The number of hydrogen-bond donors (Lipinski definition) is 2. The Morgan fingerprint density at radius 3 is 2.66 bits per heavy atom. The smallest absolute Gasteiger partial charge is 0.240 e. The van der Waals surface area contributed by atoms with Crippen LogP contribution in [0.25, 0.3) is 10.9 Å². The van der Waals surface area contributed by atoms with Gasteiger partial charge in [0.2, 0.25) is 10.0 Å². The molecule has 0 saturated heterocycles. The number of hydrogen-bond acceptors (Lipinski definition) is 6. The van der Waals surface area contributed by atoms with Crippen molar-refractivity contribution in [2.75, 3.05) is 27.0 Å². The monoisotopic (exact) mass is 463 g/mol. The second-order valence-corrected chi connectivity index (χ2v) is 9.49. The van der Waals surface area contributed by atoms with Crippen molar-refractivity contribution in [3.05, 3.63) is 40.6 Å². The van der Waals surface area contributed by atoms with Crippen molar-refractivity contribution in [1.82, 2.24) is 14.6 Å². The molecular formula is C21H23F2N5O3S. The molecule has 4 rings (SSSR count). The van der Waals surface area contributed by atoms with Crippen molar-refractivity contribution in [1.29, 1.82) is 5.26 Å². The van der Waals surface area contributed by atoms with Crippen LogP contribution in [-0.4, -0.2) is 51.9 Å². The van der Waals surface area contributed by atoms with Crippen LogP contribution in [0, 0.1) is 11.3 Å². The first kappa shape index (κ1) is 22.2. The molecule has 11 heteroatoms. The van der Waals surface area contributed by atoms with Crippen LogP contribution in [-0.2, 0) is 10.0 Å². The van der Waals surface area contributed by atoms with Gasteiger partial charge in [-0.05, 0) is 31.4 Å². The first-order valence-electron chi connectivity index (χ1n) is 10.2. The molecule has 8 nitrogen and oxygen atoms in total. The standard InChI is InChI=1S/C21H23F2N5O3S/c1-31-15-5-6-17-18(10-24)20(28(19(17)7-15)14-3-2-4-14)21-25-11-16(12-26-21)32(29,30)27-13(8-22)9-23/h5-7,11,13-14,27H,2-4,8-9,12H2,1H3,(H,25,26). The number of aromatic nitrogens is 1. The third-order valence-corrected chi connectivity index (χ3v) is 7.37. The van der Waals surface area contributed by atoms with Gasteiger partial charge in [-0.15, -0.1) is 0 Å². The van der Waals surface area contributed by atoms with Gasteiger partial charge in [0.25, 0.3) is 0 Å². The molecule has 2 aromatic rings. The van der Waals surface area contributed by atoms with E-state index in [0.717, 1.165) is 30.2 Å². The fourth-order valence-electron chi connectivity index (χ4n) is 3.89. The molecule has 1 aliphatic carbocycles. The summed E-state index contributed by atoms with van der Waals surface area (Å²) in [6, 6.07) is 6.52. The molecule has 1 aliphatic heterocycles. The SMILES string of the molecule is COc1ccc2c(C#N)c(C3=NCC(S(=O)(=O)NC(CF)CF)=CN3)n(C3CCC3)c2c1. The molecular weight excluding hydrogens is 440 g/mol. The van der Waals surface area contributed by atoms with Crippen LogP contribution in [0.5, 0.6) is 5.75 Å². The van der Waals surface area contributed by atoms with Crippen molar-refractivity contribution >= 4 is 26.8 Å². The highest BCUT2D eigenvalue weighted by molar-refractivity contribution is 7.93. The average Bonchev–Trinajstić information content (AvgIpc) is 3.09. The van der Waals surface area contributed by atoms with Gasteiger partial charge >= 0.3 is 0 Å². The molecule has 2 aliphatic rings. The Morgan fingerprint density at radius 2 is 2.12 bits per heavy atom. The number of methoxy groups -OCH3 is 1. The van der Waals surface area contributed by atoms with Crippen LogP contribution in [0.3, 0.4) is 0 Å². The predicted molar refractivity (Wildman–Crippen MR) is 117 cm³/mol. The first-order chi connectivity index (χ1) is 15.4. The molecule has 0 bridgehead atoms. The summed E-state index contributed by atoms with van der Waals surface area (Å²) in [6.07, 6.45) is 4.25. The van der Waals surface area contributed by atoms with E-state index in [1.54, 1.807) is 13.2 Å². The fourth-order valence-corrected chi connectivity index (χ4v) is 5.05. The Bertz CT molecular complexity index is 1240. The van der Waals surface area contributed by atoms with Gasteiger partial charge in [-0.25, -0.2) is 21.9 Å². The number of halogens is 2. The number of fused-ring (bicyclic) bond motifs is 1. The second kappa shape index (κ2) is 8.88. The van der Waals surface area contributed by atoms with Crippen molar-refractivity contribution in [2.45, 2.75) is 31.3 Å². The number of ether oxygens (including phenoxy) is 1. The van der Waals surface area contributed by atoms with Gasteiger partial charge in [0.1, 0.15) is 30.9 Å². The summed E-state index contributed by atoms with van der Waals surface area (Å²) in [5.74, 6) is 1.04. The molecule has 32 heavy (non-hydrogen) atoms. The third kappa shape index (κ3) is 3.84. The summed E-state index contributed by atoms with van der Waals surface area (Å²) >= 11 is 0. The van der Waals surface area contributed by atoms with E-state index in [1.165, 1.54) is 6.20 Å². The van der Waals surface area contributed by atoms with Gasteiger partial charge in [-0.1, -0.05) is 0 Å². The van der Waals surface area contributed by atoms with Crippen molar-refractivity contribution in [3.8, 4) is 11.8 Å². The lowest BCUT2D eigenvalue weighted by Crippen LogP contribution is -2.40. The highest BCUT2D eigenvalue weighted by atomic mass is 32.2. The Hall–Kier alpha value is -2.97. The molecule has 0 atom stereocenters. The van der Waals surface area contributed by atoms with E-state index >= 15 is 0 Å². The lowest BCUT2D eigenvalue weighted by Gasteiger charge is -2.30. The molecule has 0 spiro atoms. The quantitative estimate of drug-likeness (QED) is 0.626. The molecule has 1 aromatic carbocycles. The largest absolute Gasteiger partial charge is 0.497 e. The van der Waals surface area contributed by atoms with Gasteiger partial charge < -0.3 is 14.6 Å². The Balaban J connectivity index is 1.73. The zero-order chi connectivity index (χ0) is 22.9. The van der Waals surface area contributed by atoms with Crippen molar-refractivity contribution in [3.63, 3.8) is 0 Å². The Morgan fingerprint density at radius 1 is 1.38 bits per heavy atom. The minimum atomic E-state index is -4.11. The molecule has 0 amide bonds. The zero-order valence-corrected chi connectivity index (χ0v) is 18.3. The van der Waals surface area contributed by atoms with E-state index < -0.39 is 29.4 Å². The van der Waals surface area contributed by atoms with E-state index in [2.05, 4.69) is 20.9 Å². The highest BCUT2D eigenvalue weighted by Crippen LogP contribution is 2.39. The summed E-state index contributed by atoms with van der Waals surface area (Å²) in [6.45, 7) is -2.52. The van der Waals surface area contributed by atoms with E-state index in [0.29, 0.717) is 22.8 Å². The molecule has 170 valence electrons. The molecule has 2 N–H and O–H groups in total. The van der Waals surface area contributed by atoms with E-state index in [-0.39, 0.29) is 17.5 Å². The van der Waals surface area contributed by atoms with Crippen LogP contribution >= 0.6 is 0 Å². The zero-order valence-electron chi connectivity index (χ0n) is 17.4. The minimum absolute atomic E-state index is 0.139. The van der Waals surface area contributed by atoms with Gasteiger partial charge in [-0.3, -0.25) is 4.99 Å². The fraction of sp³-hybridized carbons (Fsp3) is 0.429. The van der Waals surface area contributed by atoms with Gasteiger partial charge in [-0.2, -0.15) is 5.26 Å². The third-order valence-electron chi connectivity index (χ3n) is 5.79. The number of sulfonamides is 1. The summed E-state index contributed by atoms with van der Waals surface area (Å²) in [4.78, 5) is 4.24. The van der Waals surface area contributed by atoms with Crippen LogP contribution in [0.1, 0.15) is 36.6 Å². The van der Waals surface area contributed by atoms with Crippen LogP contribution < -0.4 is 14.8 Å². The molecule has 1 fully saturated rings. The van der Waals surface area contributed by atoms with Crippen LogP contribution in [0.2, 0.25) is 0 Å². The Labute approximate surface area is 184 Å². The number of nitrogens with zero attached hydrogens (tertiary/aromatic N) is 3. The number of alkyl halides is 2. The Kier molecular flexibility index (Phi) is 6.17. The maximum atomic E-state index is 12.8. The van der Waals surface area contributed by atoms with Crippen LogP contribution in [0.4, 0.5) is 8.78 Å². The summed E-state index contributed by atoms with van der Waals surface area (Å²) in [5, 5.41) is 13.6. The van der Waals surface area contributed by atoms with Gasteiger partial charge in [0, 0.05) is 23.7 Å². The number of amidine groups is 1. The van der Waals surface area contributed by atoms with Crippen molar-refractivity contribution < 1.29 is 21.9 Å². The summed E-state index contributed by atoms with van der Waals surface area (Å²) in [5.41, 5.74) is 1.88. The maximum absolute atomic E-state index is 12.8.